The standard InChI is InChI=1S/C9H13BrN2/c1-6(2)4-8-5-9(10)12-7(3)11-8/h5-6H,4H2,1-3H3. The Bertz CT molecular complexity index is 251. The molecule has 12 heavy (non-hydrogen) atoms. The van der Waals surface area contributed by atoms with Crippen LogP contribution in [-0.4, -0.2) is 9.97 Å². The number of hydrogen-bond acceptors (Lipinski definition) is 2. The van der Waals surface area contributed by atoms with Gasteiger partial charge in [-0.3, -0.25) is 0 Å². The van der Waals surface area contributed by atoms with Crippen molar-refractivity contribution in [2.24, 2.45) is 5.92 Å². The van der Waals surface area contributed by atoms with E-state index in [-0.39, 0.29) is 0 Å². The molecule has 0 unspecified atom stereocenters. The number of nitrogens with zero attached hydrogens (tertiary/aromatic N) is 2. The second kappa shape index (κ2) is 3.99. The summed E-state index contributed by atoms with van der Waals surface area (Å²) >= 11 is 3.35. The Balaban J connectivity index is 2.85. The van der Waals surface area contributed by atoms with Crippen molar-refractivity contribution in [3.63, 3.8) is 0 Å². The van der Waals surface area contributed by atoms with E-state index in [2.05, 4.69) is 39.7 Å². The number of hydrogen-bond donors (Lipinski definition) is 0. The van der Waals surface area contributed by atoms with E-state index in [9.17, 15) is 0 Å². The van der Waals surface area contributed by atoms with E-state index in [0.717, 1.165) is 22.5 Å². The van der Waals surface area contributed by atoms with Gasteiger partial charge in [-0.15, -0.1) is 0 Å². The van der Waals surface area contributed by atoms with Crippen molar-refractivity contribution >= 4 is 15.9 Å². The zero-order chi connectivity index (χ0) is 9.14. The van der Waals surface area contributed by atoms with Gasteiger partial charge in [0.05, 0.1) is 0 Å². The van der Waals surface area contributed by atoms with Gasteiger partial charge in [0.2, 0.25) is 0 Å². The van der Waals surface area contributed by atoms with Crippen LogP contribution in [-0.2, 0) is 6.42 Å². The number of halogens is 1. The minimum Gasteiger partial charge on any atom is -0.238 e. The molecule has 1 rings (SSSR count). The molecule has 1 aromatic heterocycles. The highest BCUT2D eigenvalue weighted by molar-refractivity contribution is 9.10. The van der Waals surface area contributed by atoms with Gasteiger partial charge in [-0.25, -0.2) is 9.97 Å². The zero-order valence-electron chi connectivity index (χ0n) is 7.63. The zero-order valence-corrected chi connectivity index (χ0v) is 9.22. The molecule has 0 radical (unpaired) electrons. The summed E-state index contributed by atoms with van der Waals surface area (Å²) in [5, 5.41) is 0. The summed E-state index contributed by atoms with van der Waals surface area (Å²) in [6, 6.07) is 1.98. The maximum atomic E-state index is 4.33. The third-order valence-electron chi connectivity index (χ3n) is 1.48. The lowest BCUT2D eigenvalue weighted by atomic mass is 10.1. The van der Waals surface area contributed by atoms with Crippen LogP contribution in [0.4, 0.5) is 0 Å². The molecule has 0 aliphatic heterocycles. The minimum absolute atomic E-state index is 0.645. The molecule has 0 N–H and O–H groups in total. The van der Waals surface area contributed by atoms with Crippen LogP contribution >= 0.6 is 15.9 Å². The maximum Gasteiger partial charge on any atom is 0.126 e. The van der Waals surface area contributed by atoms with Crippen LogP contribution in [0.3, 0.4) is 0 Å². The molecule has 0 saturated heterocycles. The van der Waals surface area contributed by atoms with Crippen molar-refractivity contribution in [3.8, 4) is 0 Å². The molecule has 0 spiro atoms. The molecule has 0 aromatic carbocycles. The fourth-order valence-corrected chi connectivity index (χ4v) is 1.63. The number of aromatic nitrogens is 2. The van der Waals surface area contributed by atoms with E-state index < -0.39 is 0 Å². The molecular formula is C9H13BrN2. The van der Waals surface area contributed by atoms with Gasteiger partial charge >= 0.3 is 0 Å². The quantitative estimate of drug-likeness (QED) is 0.728. The van der Waals surface area contributed by atoms with Crippen molar-refractivity contribution < 1.29 is 0 Å². The molecule has 0 atom stereocenters. The third kappa shape index (κ3) is 2.89. The van der Waals surface area contributed by atoms with Gasteiger partial charge in [0.1, 0.15) is 10.4 Å². The predicted octanol–water partition coefficient (Wildman–Crippen LogP) is 2.75. The van der Waals surface area contributed by atoms with Gasteiger partial charge in [-0.2, -0.15) is 0 Å². The van der Waals surface area contributed by atoms with E-state index >= 15 is 0 Å². The predicted molar refractivity (Wildman–Crippen MR) is 53.0 cm³/mol. The summed E-state index contributed by atoms with van der Waals surface area (Å²) in [5.74, 6) is 1.48. The van der Waals surface area contributed by atoms with Gasteiger partial charge in [-0.05, 0) is 41.3 Å². The highest BCUT2D eigenvalue weighted by Gasteiger charge is 2.01. The monoisotopic (exact) mass is 228 g/mol. The van der Waals surface area contributed by atoms with Crippen molar-refractivity contribution in [3.05, 3.63) is 22.2 Å². The lowest BCUT2D eigenvalue weighted by molar-refractivity contribution is 0.631. The average molecular weight is 229 g/mol. The van der Waals surface area contributed by atoms with E-state index in [4.69, 9.17) is 0 Å². The molecule has 0 aliphatic carbocycles. The van der Waals surface area contributed by atoms with Crippen LogP contribution in [0.25, 0.3) is 0 Å². The first-order valence-electron chi connectivity index (χ1n) is 4.08. The average Bonchev–Trinajstić information content (AvgIpc) is 1.81. The van der Waals surface area contributed by atoms with Crippen LogP contribution in [0.1, 0.15) is 25.4 Å². The Morgan fingerprint density at radius 1 is 1.42 bits per heavy atom. The molecule has 0 amide bonds. The molecule has 0 saturated carbocycles. The number of rotatable bonds is 2. The molecule has 1 heterocycles. The molecule has 0 aliphatic rings. The van der Waals surface area contributed by atoms with Gasteiger partial charge in [0, 0.05) is 5.69 Å². The van der Waals surface area contributed by atoms with Crippen LogP contribution in [0.15, 0.2) is 10.7 Å². The van der Waals surface area contributed by atoms with Crippen LogP contribution < -0.4 is 0 Å². The summed E-state index contributed by atoms with van der Waals surface area (Å²) in [6.07, 6.45) is 1.02. The van der Waals surface area contributed by atoms with Gasteiger partial charge in [0.15, 0.2) is 0 Å². The third-order valence-corrected chi connectivity index (χ3v) is 1.88. The molecule has 3 heteroatoms. The van der Waals surface area contributed by atoms with Crippen LogP contribution in [0, 0.1) is 12.8 Å². The highest BCUT2D eigenvalue weighted by Crippen LogP contribution is 2.11. The van der Waals surface area contributed by atoms with Crippen molar-refractivity contribution in [1.29, 1.82) is 0 Å². The van der Waals surface area contributed by atoms with E-state index in [1.54, 1.807) is 0 Å². The van der Waals surface area contributed by atoms with E-state index in [1.807, 2.05) is 13.0 Å². The van der Waals surface area contributed by atoms with Crippen LogP contribution in [0.5, 0.6) is 0 Å². The maximum absolute atomic E-state index is 4.33. The highest BCUT2D eigenvalue weighted by atomic mass is 79.9. The Morgan fingerprint density at radius 3 is 2.58 bits per heavy atom. The molecule has 2 nitrogen and oxygen atoms in total. The van der Waals surface area contributed by atoms with Crippen molar-refractivity contribution in [2.45, 2.75) is 27.2 Å². The molecule has 1 aromatic rings. The lowest BCUT2D eigenvalue weighted by Gasteiger charge is -2.04. The normalized spacial score (nSPS) is 10.8. The molecule has 0 fully saturated rings. The summed E-state index contributed by atoms with van der Waals surface area (Å²) in [6.45, 7) is 6.28. The van der Waals surface area contributed by atoms with Crippen LogP contribution in [0.2, 0.25) is 0 Å². The minimum atomic E-state index is 0.645. The van der Waals surface area contributed by atoms with E-state index in [0.29, 0.717) is 5.92 Å². The lowest BCUT2D eigenvalue weighted by Crippen LogP contribution is -2.00. The Labute approximate surface area is 81.6 Å². The second-order valence-electron chi connectivity index (χ2n) is 3.33. The topological polar surface area (TPSA) is 25.8 Å². The SMILES string of the molecule is Cc1nc(Br)cc(CC(C)C)n1. The fraction of sp³-hybridized carbons (Fsp3) is 0.556. The fourth-order valence-electron chi connectivity index (χ4n) is 1.11. The Kier molecular flexibility index (Phi) is 3.20. The van der Waals surface area contributed by atoms with Crippen molar-refractivity contribution in [1.82, 2.24) is 9.97 Å². The molecule has 66 valence electrons. The molecule has 0 bridgehead atoms. The first-order chi connectivity index (χ1) is 5.58. The first kappa shape index (κ1) is 9.65. The first-order valence-corrected chi connectivity index (χ1v) is 4.87. The number of aryl methyl sites for hydroxylation is 1. The van der Waals surface area contributed by atoms with Gasteiger partial charge < -0.3 is 0 Å². The summed E-state index contributed by atoms with van der Waals surface area (Å²) in [5.41, 5.74) is 1.12. The van der Waals surface area contributed by atoms with Crippen molar-refractivity contribution in [2.75, 3.05) is 0 Å². The summed E-state index contributed by atoms with van der Waals surface area (Å²) in [4.78, 5) is 8.48. The van der Waals surface area contributed by atoms with Gasteiger partial charge in [0.25, 0.3) is 0 Å². The Morgan fingerprint density at radius 2 is 2.08 bits per heavy atom. The van der Waals surface area contributed by atoms with E-state index in [1.165, 1.54) is 0 Å². The Hall–Kier alpha value is -0.440. The smallest absolute Gasteiger partial charge is 0.126 e. The summed E-state index contributed by atoms with van der Waals surface area (Å²) in [7, 11) is 0. The van der Waals surface area contributed by atoms with Gasteiger partial charge in [-0.1, -0.05) is 13.8 Å². The molecular weight excluding hydrogens is 216 g/mol. The second-order valence-corrected chi connectivity index (χ2v) is 4.14. The largest absolute Gasteiger partial charge is 0.238 e. The summed E-state index contributed by atoms with van der Waals surface area (Å²) < 4.78 is 0.880.